The van der Waals surface area contributed by atoms with Crippen molar-refractivity contribution in [1.82, 2.24) is 0 Å². The summed E-state index contributed by atoms with van der Waals surface area (Å²) in [6, 6.07) is 6.95. The van der Waals surface area contributed by atoms with Crippen molar-refractivity contribution in [3.63, 3.8) is 0 Å². The van der Waals surface area contributed by atoms with Crippen LogP contribution in [0.5, 0.6) is 5.75 Å². The lowest BCUT2D eigenvalue weighted by molar-refractivity contribution is 0.103. The summed E-state index contributed by atoms with van der Waals surface area (Å²) < 4.78 is 32.8. The second kappa shape index (κ2) is 5.89. The average Bonchev–Trinajstić information content (AvgIpc) is 2.44. The molecule has 0 unspecified atom stereocenters. The molecule has 2 rings (SSSR count). The molecular weight excluding hydrogens is 354 g/mol. The van der Waals surface area contributed by atoms with E-state index in [1.807, 2.05) is 0 Å². The molecule has 0 radical (unpaired) electrons. The average molecular weight is 362 g/mol. The molecule has 0 aromatic heterocycles. The van der Waals surface area contributed by atoms with E-state index in [0.29, 0.717) is 4.47 Å². The number of methoxy groups -OCH3 is 1. The van der Waals surface area contributed by atoms with Crippen molar-refractivity contribution in [2.24, 2.45) is 0 Å². The van der Waals surface area contributed by atoms with E-state index < -0.39 is 23.0 Å². The number of hydrogen-bond acceptors (Lipinski definition) is 2. The third-order valence-corrected chi connectivity index (χ3v) is 3.51. The van der Waals surface area contributed by atoms with E-state index >= 15 is 0 Å². The lowest BCUT2D eigenvalue weighted by Crippen LogP contribution is -2.07. The summed E-state index contributed by atoms with van der Waals surface area (Å²) >= 11 is 9.10. The van der Waals surface area contributed by atoms with Crippen LogP contribution in [0.15, 0.2) is 34.8 Å². The SMILES string of the molecule is COc1ccc(C(=O)c2cc(Br)ccc2Cl)c(F)c1F. The number of carbonyl (C=O) groups is 1. The Balaban J connectivity index is 2.54. The van der Waals surface area contributed by atoms with Gasteiger partial charge in [-0.25, -0.2) is 4.39 Å². The van der Waals surface area contributed by atoms with E-state index in [1.54, 1.807) is 6.07 Å². The van der Waals surface area contributed by atoms with E-state index in [1.165, 1.54) is 25.3 Å². The van der Waals surface area contributed by atoms with Gasteiger partial charge in [0.2, 0.25) is 5.82 Å². The lowest BCUT2D eigenvalue weighted by Gasteiger charge is -2.08. The van der Waals surface area contributed by atoms with Crippen LogP contribution in [-0.4, -0.2) is 12.9 Å². The topological polar surface area (TPSA) is 26.3 Å². The van der Waals surface area contributed by atoms with Gasteiger partial charge in [-0.2, -0.15) is 4.39 Å². The number of ketones is 1. The van der Waals surface area contributed by atoms with Crippen LogP contribution >= 0.6 is 27.5 Å². The quantitative estimate of drug-likeness (QED) is 0.746. The maximum absolute atomic E-state index is 13.9. The maximum atomic E-state index is 13.9. The fraction of sp³-hybridized carbons (Fsp3) is 0.0714. The zero-order chi connectivity index (χ0) is 14.9. The molecule has 0 saturated carbocycles. The Morgan fingerprint density at radius 1 is 1.15 bits per heavy atom. The van der Waals surface area contributed by atoms with Gasteiger partial charge in [-0.15, -0.1) is 0 Å². The smallest absolute Gasteiger partial charge is 0.201 e. The highest BCUT2D eigenvalue weighted by Gasteiger charge is 2.22. The Kier molecular flexibility index (Phi) is 4.40. The van der Waals surface area contributed by atoms with Crippen LogP contribution < -0.4 is 4.74 Å². The highest BCUT2D eigenvalue weighted by atomic mass is 79.9. The predicted molar refractivity (Wildman–Crippen MR) is 75.5 cm³/mol. The van der Waals surface area contributed by atoms with Gasteiger partial charge in [0.25, 0.3) is 0 Å². The molecule has 20 heavy (non-hydrogen) atoms. The van der Waals surface area contributed by atoms with Crippen LogP contribution in [0.4, 0.5) is 8.78 Å². The van der Waals surface area contributed by atoms with Gasteiger partial charge in [0.15, 0.2) is 17.3 Å². The second-order valence-corrected chi connectivity index (χ2v) is 5.22. The summed E-state index contributed by atoms with van der Waals surface area (Å²) in [5.41, 5.74) is -0.312. The molecule has 0 fully saturated rings. The van der Waals surface area contributed by atoms with E-state index in [-0.39, 0.29) is 16.3 Å². The van der Waals surface area contributed by atoms with E-state index in [0.717, 1.165) is 6.07 Å². The van der Waals surface area contributed by atoms with Gasteiger partial charge in [-0.1, -0.05) is 27.5 Å². The Labute approximate surface area is 127 Å². The molecular formula is C14H8BrClF2O2. The first-order valence-corrected chi connectivity index (χ1v) is 6.64. The Hall–Kier alpha value is -1.46. The van der Waals surface area contributed by atoms with Gasteiger partial charge in [0.1, 0.15) is 0 Å². The summed E-state index contributed by atoms with van der Waals surface area (Å²) in [7, 11) is 1.21. The first-order chi connectivity index (χ1) is 9.45. The summed E-state index contributed by atoms with van der Waals surface area (Å²) in [5, 5.41) is 0.161. The minimum absolute atomic E-state index is 0.0875. The number of halogens is 4. The third kappa shape index (κ3) is 2.69. The Morgan fingerprint density at radius 2 is 1.85 bits per heavy atom. The number of carbonyl (C=O) groups excluding carboxylic acids is 1. The van der Waals surface area contributed by atoms with Gasteiger partial charge in [-0.05, 0) is 30.3 Å². The molecule has 0 saturated heterocycles. The van der Waals surface area contributed by atoms with Crippen molar-refractivity contribution in [3.8, 4) is 5.75 Å². The number of rotatable bonds is 3. The van der Waals surface area contributed by atoms with Crippen LogP contribution in [0.2, 0.25) is 5.02 Å². The van der Waals surface area contributed by atoms with Crippen molar-refractivity contribution in [2.75, 3.05) is 7.11 Å². The van der Waals surface area contributed by atoms with Crippen molar-refractivity contribution < 1.29 is 18.3 Å². The zero-order valence-corrected chi connectivity index (χ0v) is 12.6. The van der Waals surface area contributed by atoms with Crippen LogP contribution in [-0.2, 0) is 0 Å². The maximum Gasteiger partial charge on any atom is 0.201 e. The largest absolute Gasteiger partial charge is 0.494 e. The predicted octanol–water partition coefficient (Wildman–Crippen LogP) is 4.62. The number of hydrogen-bond donors (Lipinski definition) is 0. The molecule has 0 amide bonds. The Morgan fingerprint density at radius 3 is 2.50 bits per heavy atom. The van der Waals surface area contributed by atoms with E-state index in [4.69, 9.17) is 11.6 Å². The summed E-state index contributed by atoms with van der Waals surface area (Å²) in [4.78, 5) is 12.2. The van der Waals surface area contributed by atoms with Gasteiger partial charge >= 0.3 is 0 Å². The minimum Gasteiger partial charge on any atom is -0.494 e. The molecule has 0 atom stereocenters. The molecule has 0 bridgehead atoms. The van der Waals surface area contributed by atoms with Crippen LogP contribution in [0.1, 0.15) is 15.9 Å². The minimum atomic E-state index is -1.26. The van der Waals surface area contributed by atoms with Gasteiger partial charge in [0, 0.05) is 10.0 Å². The molecule has 0 spiro atoms. The van der Waals surface area contributed by atoms with Crippen molar-refractivity contribution in [1.29, 1.82) is 0 Å². The molecule has 6 heteroatoms. The highest BCUT2D eigenvalue weighted by molar-refractivity contribution is 9.10. The standard InChI is InChI=1S/C14H8BrClF2O2/c1-20-11-5-3-8(12(17)13(11)18)14(19)9-6-7(15)2-4-10(9)16/h2-6H,1H3. The second-order valence-electron chi connectivity index (χ2n) is 3.90. The molecule has 104 valence electrons. The van der Waals surface area contributed by atoms with E-state index in [9.17, 15) is 13.6 Å². The number of ether oxygens (including phenoxy) is 1. The van der Waals surface area contributed by atoms with Crippen LogP contribution in [0, 0.1) is 11.6 Å². The van der Waals surface area contributed by atoms with E-state index in [2.05, 4.69) is 20.7 Å². The lowest BCUT2D eigenvalue weighted by atomic mass is 10.0. The summed E-state index contributed by atoms with van der Waals surface area (Å²) in [5.74, 6) is -3.43. The van der Waals surface area contributed by atoms with Gasteiger partial charge in [-0.3, -0.25) is 4.79 Å². The molecule has 2 nitrogen and oxygen atoms in total. The van der Waals surface area contributed by atoms with Gasteiger partial charge in [0.05, 0.1) is 17.7 Å². The first-order valence-electron chi connectivity index (χ1n) is 5.47. The van der Waals surface area contributed by atoms with Crippen LogP contribution in [0.3, 0.4) is 0 Å². The van der Waals surface area contributed by atoms with Crippen molar-refractivity contribution in [3.05, 3.63) is 62.6 Å². The fourth-order valence-electron chi connectivity index (χ4n) is 1.68. The molecule has 0 N–H and O–H groups in total. The van der Waals surface area contributed by atoms with Crippen molar-refractivity contribution in [2.45, 2.75) is 0 Å². The summed E-state index contributed by atoms with van der Waals surface area (Å²) in [6.07, 6.45) is 0. The third-order valence-electron chi connectivity index (χ3n) is 2.68. The first kappa shape index (κ1) is 14.9. The zero-order valence-electron chi connectivity index (χ0n) is 10.2. The molecule has 2 aromatic rings. The molecule has 0 aliphatic carbocycles. The van der Waals surface area contributed by atoms with Crippen LogP contribution in [0.25, 0.3) is 0 Å². The molecule has 0 aliphatic heterocycles. The highest BCUT2D eigenvalue weighted by Crippen LogP contribution is 2.27. The Bertz CT molecular complexity index is 689. The van der Waals surface area contributed by atoms with Crippen molar-refractivity contribution >= 4 is 33.3 Å². The van der Waals surface area contributed by atoms with Gasteiger partial charge < -0.3 is 4.74 Å². The summed E-state index contributed by atoms with van der Waals surface area (Å²) in [6.45, 7) is 0. The number of benzene rings is 2. The monoisotopic (exact) mass is 360 g/mol. The molecule has 2 aromatic carbocycles. The molecule has 0 heterocycles. The fourth-order valence-corrected chi connectivity index (χ4v) is 2.25. The molecule has 0 aliphatic rings. The normalized spacial score (nSPS) is 10.4.